The summed E-state index contributed by atoms with van der Waals surface area (Å²) in [6.45, 7) is 8.36. The van der Waals surface area contributed by atoms with Crippen molar-refractivity contribution in [3.63, 3.8) is 0 Å². The van der Waals surface area contributed by atoms with E-state index in [1.54, 1.807) is 12.1 Å². The van der Waals surface area contributed by atoms with Crippen molar-refractivity contribution < 1.29 is 22.7 Å². The zero-order valence-electron chi connectivity index (χ0n) is 17.1. The van der Waals surface area contributed by atoms with Crippen molar-refractivity contribution in [1.82, 2.24) is 4.72 Å². The first-order chi connectivity index (χ1) is 13.5. The molecule has 2 aromatic carbocycles. The Bertz CT molecular complexity index is 980. The van der Waals surface area contributed by atoms with Gasteiger partial charge in [-0.25, -0.2) is 8.42 Å². The maximum absolute atomic E-state index is 12.4. The van der Waals surface area contributed by atoms with Crippen molar-refractivity contribution in [3.05, 3.63) is 59.2 Å². The Kier molecular flexibility index (Phi) is 7.16. The summed E-state index contributed by atoms with van der Waals surface area (Å²) in [5, 5.41) is 2.75. The molecule has 0 fully saturated rings. The van der Waals surface area contributed by atoms with E-state index in [2.05, 4.69) is 10.0 Å². The molecule has 0 radical (unpaired) electrons. The van der Waals surface area contributed by atoms with Crippen LogP contribution in [0.4, 0.5) is 5.69 Å². The highest BCUT2D eigenvalue weighted by molar-refractivity contribution is 7.89. The third kappa shape index (κ3) is 5.88. The number of nitrogens with one attached hydrogen (secondary N) is 2. The highest BCUT2D eigenvalue weighted by Crippen LogP contribution is 2.20. The summed E-state index contributed by atoms with van der Waals surface area (Å²) in [6, 6.07) is 10.7. The summed E-state index contributed by atoms with van der Waals surface area (Å²) in [5.74, 6) is -1.34. The number of anilines is 1. The molecule has 1 amide bonds. The topological polar surface area (TPSA) is 102 Å². The maximum atomic E-state index is 12.4. The third-order valence-electron chi connectivity index (χ3n) is 4.41. The molecular weight excluding hydrogens is 392 g/mol. The molecule has 0 saturated heterocycles. The summed E-state index contributed by atoms with van der Waals surface area (Å²) >= 11 is 0. The van der Waals surface area contributed by atoms with Crippen LogP contribution in [0.15, 0.2) is 47.4 Å². The lowest BCUT2D eigenvalue weighted by Crippen LogP contribution is -2.42. The first-order valence-electron chi connectivity index (χ1n) is 9.18. The zero-order chi connectivity index (χ0) is 21.8. The minimum Gasteiger partial charge on any atom is -0.451 e. The van der Waals surface area contributed by atoms with E-state index in [0.717, 1.165) is 16.7 Å². The number of hydrogen-bond acceptors (Lipinski definition) is 5. The zero-order valence-corrected chi connectivity index (χ0v) is 18.0. The van der Waals surface area contributed by atoms with Crippen molar-refractivity contribution >= 4 is 27.6 Å². The van der Waals surface area contributed by atoms with Crippen LogP contribution in [0, 0.1) is 20.8 Å². The Morgan fingerprint density at radius 1 is 0.931 bits per heavy atom. The Morgan fingerprint density at radius 2 is 1.48 bits per heavy atom. The van der Waals surface area contributed by atoms with Gasteiger partial charge >= 0.3 is 5.97 Å². The van der Waals surface area contributed by atoms with Gasteiger partial charge in [-0.3, -0.25) is 9.59 Å². The highest BCUT2D eigenvalue weighted by atomic mass is 32.2. The number of para-hydroxylation sites is 1. The van der Waals surface area contributed by atoms with Crippen LogP contribution in [0.3, 0.4) is 0 Å². The van der Waals surface area contributed by atoms with Gasteiger partial charge < -0.3 is 10.1 Å². The van der Waals surface area contributed by atoms with E-state index in [1.165, 1.54) is 26.0 Å². The minimum atomic E-state index is -3.89. The lowest BCUT2D eigenvalue weighted by Gasteiger charge is -2.19. The molecule has 0 unspecified atom stereocenters. The fraction of sp³-hybridized carbons (Fsp3) is 0.333. The smallest absolute Gasteiger partial charge is 0.324 e. The van der Waals surface area contributed by atoms with Crippen LogP contribution in [0.1, 0.15) is 30.5 Å². The number of amides is 1. The molecular formula is C21H26N2O5S. The summed E-state index contributed by atoms with van der Waals surface area (Å²) in [5.41, 5.74) is 3.35. The maximum Gasteiger partial charge on any atom is 0.324 e. The highest BCUT2D eigenvalue weighted by Gasteiger charge is 2.26. The van der Waals surface area contributed by atoms with E-state index in [9.17, 15) is 18.0 Å². The SMILES string of the molecule is Cc1ccc(S(=O)(=O)N[C@@H](C)C(=O)O[C@@H](C)C(=O)Nc2c(C)cccc2C)cc1. The first-order valence-corrected chi connectivity index (χ1v) is 10.7. The Labute approximate surface area is 171 Å². The second-order valence-electron chi connectivity index (χ2n) is 6.99. The molecule has 0 heterocycles. The van der Waals surface area contributed by atoms with Crippen LogP contribution in [0.2, 0.25) is 0 Å². The van der Waals surface area contributed by atoms with E-state index in [1.807, 2.05) is 39.0 Å². The van der Waals surface area contributed by atoms with Gasteiger partial charge in [-0.15, -0.1) is 0 Å². The van der Waals surface area contributed by atoms with Gasteiger partial charge in [0.1, 0.15) is 6.04 Å². The predicted molar refractivity (Wildman–Crippen MR) is 111 cm³/mol. The standard InChI is InChI=1S/C21H26N2O5S/c1-13-9-11-18(12-10-13)29(26,27)23-16(4)21(25)28-17(5)20(24)22-19-14(2)7-6-8-15(19)3/h6-12,16-17,23H,1-5H3,(H,22,24)/t16-,17-/m0/s1. The summed E-state index contributed by atoms with van der Waals surface area (Å²) < 4.78 is 32.2. The first kappa shape index (κ1) is 22.6. The molecule has 0 aliphatic rings. The van der Waals surface area contributed by atoms with Crippen LogP contribution < -0.4 is 10.0 Å². The van der Waals surface area contributed by atoms with Crippen LogP contribution in [0.25, 0.3) is 0 Å². The van der Waals surface area contributed by atoms with Crippen LogP contribution in [-0.4, -0.2) is 32.4 Å². The van der Waals surface area contributed by atoms with E-state index in [4.69, 9.17) is 4.74 Å². The number of benzene rings is 2. The van der Waals surface area contributed by atoms with Crippen LogP contribution in [0.5, 0.6) is 0 Å². The second-order valence-corrected chi connectivity index (χ2v) is 8.71. The summed E-state index contributed by atoms with van der Waals surface area (Å²) in [4.78, 5) is 24.7. The summed E-state index contributed by atoms with van der Waals surface area (Å²) in [6.07, 6.45) is -1.09. The van der Waals surface area contributed by atoms with Crippen molar-refractivity contribution in [1.29, 1.82) is 0 Å². The van der Waals surface area contributed by atoms with Crippen molar-refractivity contribution in [2.24, 2.45) is 0 Å². The van der Waals surface area contributed by atoms with E-state index in [-0.39, 0.29) is 4.90 Å². The van der Waals surface area contributed by atoms with Crippen LogP contribution >= 0.6 is 0 Å². The fourth-order valence-corrected chi connectivity index (χ4v) is 3.82. The molecule has 0 bridgehead atoms. The Morgan fingerprint density at radius 3 is 2.03 bits per heavy atom. The average molecular weight is 419 g/mol. The molecule has 2 aromatic rings. The molecule has 0 aliphatic heterocycles. The number of sulfonamides is 1. The van der Waals surface area contributed by atoms with Crippen molar-refractivity contribution in [2.75, 3.05) is 5.32 Å². The van der Waals surface area contributed by atoms with Gasteiger partial charge in [0.25, 0.3) is 5.91 Å². The molecule has 0 aliphatic carbocycles. The number of rotatable bonds is 7. The lowest BCUT2D eigenvalue weighted by molar-refractivity contribution is -0.154. The van der Waals surface area contributed by atoms with Gasteiger partial charge in [0, 0.05) is 5.69 Å². The van der Waals surface area contributed by atoms with Crippen molar-refractivity contribution in [2.45, 2.75) is 51.7 Å². The predicted octanol–water partition coefficient (Wildman–Crippen LogP) is 2.85. The number of aryl methyl sites for hydroxylation is 3. The van der Waals surface area contributed by atoms with Gasteiger partial charge in [-0.2, -0.15) is 4.72 Å². The van der Waals surface area contributed by atoms with Gasteiger partial charge in [0.05, 0.1) is 4.90 Å². The minimum absolute atomic E-state index is 0.0450. The largest absolute Gasteiger partial charge is 0.451 e. The quantitative estimate of drug-likeness (QED) is 0.673. The number of hydrogen-bond donors (Lipinski definition) is 2. The van der Waals surface area contributed by atoms with E-state index in [0.29, 0.717) is 5.69 Å². The van der Waals surface area contributed by atoms with E-state index < -0.39 is 34.0 Å². The molecule has 0 saturated carbocycles. The van der Waals surface area contributed by atoms with Gasteiger partial charge in [0.2, 0.25) is 10.0 Å². The molecule has 2 rings (SSSR count). The number of esters is 1. The van der Waals surface area contributed by atoms with E-state index >= 15 is 0 Å². The number of carbonyl (C=O) groups excluding carboxylic acids is 2. The molecule has 0 aromatic heterocycles. The number of carbonyl (C=O) groups is 2. The summed E-state index contributed by atoms with van der Waals surface area (Å²) in [7, 11) is -3.89. The van der Waals surface area contributed by atoms with Crippen molar-refractivity contribution in [3.8, 4) is 0 Å². The molecule has 0 spiro atoms. The Hall–Kier alpha value is -2.71. The second kappa shape index (κ2) is 9.19. The normalized spacial score (nSPS) is 13.4. The number of ether oxygens (including phenoxy) is 1. The molecule has 156 valence electrons. The molecule has 2 atom stereocenters. The van der Waals surface area contributed by atoms with Gasteiger partial charge in [-0.1, -0.05) is 35.9 Å². The third-order valence-corrected chi connectivity index (χ3v) is 5.96. The van der Waals surface area contributed by atoms with Gasteiger partial charge in [0.15, 0.2) is 6.10 Å². The molecule has 29 heavy (non-hydrogen) atoms. The molecule has 7 nitrogen and oxygen atoms in total. The molecule has 8 heteroatoms. The molecule has 2 N–H and O–H groups in total. The lowest BCUT2D eigenvalue weighted by atomic mass is 10.1. The van der Waals surface area contributed by atoms with Crippen LogP contribution in [-0.2, 0) is 24.3 Å². The Balaban J connectivity index is 1.99. The average Bonchev–Trinajstić information content (AvgIpc) is 2.64. The fourth-order valence-electron chi connectivity index (χ4n) is 2.63. The monoisotopic (exact) mass is 418 g/mol. The van der Waals surface area contributed by atoms with Gasteiger partial charge in [-0.05, 0) is 57.9 Å².